The molecule has 0 saturated carbocycles. The zero-order valence-corrected chi connectivity index (χ0v) is 18.9. The smallest absolute Gasteiger partial charge is 0.273 e. The average molecular weight is 422 g/mol. The summed E-state index contributed by atoms with van der Waals surface area (Å²) in [6.07, 6.45) is 7.94. The zero-order chi connectivity index (χ0) is 21.6. The van der Waals surface area contributed by atoms with Gasteiger partial charge in [0, 0.05) is 25.6 Å². The molecule has 2 aliphatic rings. The maximum Gasteiger partial charge on any atom is 0.273 e. The van der Waals surface area contributed by atoms with Gasteiger partial charge in [0.1, 0.15) is 12.5 Å². The minimum Gasteiger partial charge on any atom is -0.453 e. The molecule has 2 heterocycles. The van der Waals surface area contributed by atoms with Gasteiger partial charge in [0.2, 0.25) is 0 Å². The van der Waals surface area contributed by atoms with Crippen molar-refractivity contribution in [2.45, 2.75) is 51.9 Å². The normalized spacial score (nSPS) is 19.7. The quantitative estimate of drug-likeness (QED) is 0.525. The van der Waals surface area contributed by atoms with Gasteiger partial charge < -0.3 is 14.2 Å². The lowest BCUT2D eigenvalue weighted by Gasteiger charge is -2.42. The third-order valence-electron chi connectivity index (χ3n) is 6.84. The molecule has 0 N–H and O–H groups in total. The highest BCUT2D eigenvalue weighted by Crippen LogP contribution is 2.37. The number of aryl methyl sites for hydroxylation is 1. The zero-order valence-electron chi connectivity index (χ0n) is 18.9. The SMILES string of the molecule is CCOCC1(CCc2ccccc2)CCN(Cc2ccc(C3(C)OC=CO3)cc2)CC1. The summed E-state index contributed by atoms with van der Waals surface area (Å²) in [5, 5.41) is 0. The number of ether oxygens (including phenoxy) is 3. The van der Waals surface area contributed by atoms with Crippen molar-refractivity contribution in [3.8, 4) is 0 Å². The van der Waals surface area contributed by atoms with E-state index in [0.717, 1.165) is 44.8 Å². The van der Waals surface area contributed by atoms with Gasteiger partial charge in [-0.25, -0.2) is 0 Å². The molecule has 0 spiro atoms. The first-order chi connectivity index (χ1) is 15.1. The lowest BCUT2D eigenvalue weighted by atomic mass is 9.74. The topological polar surface area (TPSA) is 30.9 Å². The highest BCUT2D eigenvalue weighted by molar-refractivity contribution is 5.26. The molecule has 2 aromatic carbocycles. The molecule has 2 aromatic rings. The number of rotatable bonds is 9. The molecule has 0 amide bonds. The minimum atomic E-state index is -0.693. The number of hydrogen-bond donors (Lipinski definition) is 0. The van der Waals surface area contributed by atoms with Gasteiger partial charge in [-0.2, -0.15) is 0 Å². The fourth-order valence-electron chi connectivity index (χ4n) is 4.67. The summed E-state index contributed by atoms with van der Waals surface area (Å²) in [6.45, 7) is 8.95. The van der Waals surface area contributed by atoms with Crippen LogP contribution in [0.2, 0.25) is 0 Å². The van der Waals surface area contributed by atoms with Crippen LogP contribution >= 0.6 is 0 Å². The van der Waals surface area contributed by atoms with Crippen molar-refractivity contribution in [1.82, 2.24) is 4.90 Å². The van der Waals surface area contributed by atoms with Crippen LogP contribution in [-0.2, 0) is 33.0 Å². The first kappa shape index (κ1) is 21.9. The van der Waals surface area contributed by atoms with Crippen molar-refractivity contribution in [3.05, 3.63) is 83.8 Å². The van der Waals surface area contributed by atoms with Gasteiger partial charge in [0.05, 0.1) is 6.61 Å². The van der Waals surface area contributed by atoms with Crippen LogP contribution in [0.15, 0.2) is 67.1 Å². The molecule has 0 bridgehead atoms. The van der Waals surface area contributed by atoms with Crippen molar-refractivity contribution >= 4 is 0 Å². The number of likely N-dealkylation sites (tertiary alicyclic amines) is 1. The van der Waals surface area contributed by atoms with E-state index in [1.807, 2.05) is 6.92 Å². The van der Waals surface area contributed by atoms with Gasteiger partial charge in [-0.15, -0.1) is 0 Å². The molecule has 0 radical (unpaired) electrons. The summed E-state index contributed by atoms with van der Waals surface area (Å²) in [6, 6.07) is 19.5. The van der Waals surface area contributed by atoms with Gasteiger partial charge in [0.15, 0.2) is 0 Å². The Balaban J connectivity index is 1.32. The second-order valence-electron chi connectivity index (χ2n) is 9.05. The standard InChI is InChI=1S/C27H35NO3/c1-3-29-22-27(14-13-23-7-5-4-6-8-23)15-17-28(18-16-27)21-24-9-11-25(12-10-24)26(2)30-19-20-31-26/h4-12,19-20H,3,13-18,21-22H2,1-2H3. The molecule has 0 unspecified atom stereocenters. The highest BCUT2D eigenvalue weighted by Gasteiger charge is 2.35. The van der Waals surface area contributed by atoms with E-state index in [0.29, 0.717) is 5.41 Å². The van der Waals surface area contributed by atoms with Crippen LogP contribution in [0, 0.1) is 5.41 Å². The van der Waals surface area contributed by atoms with Crippen LogP contribution in [0.1, 0.15) is 49.8 Å². The van der Waals surface area contributed by atoms with Gasteiger partial charge in [0.25, 0.3) is 5.79 Å². The van der Waals surface area contributed by atoms with Gasteiger partial charge in [-0.3, -0.25) is 4.90 Å². The Hall–Kier alpha value is -2.30. The number of piperidine rings is 1. The minimum absolute atomic E-state index is 0.297. The summed E-state index contributed by atoms with van der Waals surface area (Å²) in [7, 11) is 0. The van der Waals surface area contributed by atoms with E-state index in [1.54, 1.807) is 12.5 Å². The molecule has 166 valence electrons. The molecule has 2 aliphatic heterocycles. The summed E-state index contributed by atoms with van der Waals surface area (Å²) >= 11 is 0. The van der Waals surface area contributed by atoms with E-state index in [2.05, 4.69) is 66.4 Å². The molecular weight excluding hydrogens is 386 g/mol. The maximum absolute atomic E-state index is 5.94. The molecule has 1 fully saturated rings. The van der Waals surface area contributed by atoms with Gasteiger partial charge >= 0.3 is 0 Å². The molecule has 0 aliphatic carbocycles. The first-order valence-electron chi connectivity index (χ1n) is 11.5. The summed E-state index contributed by atoms with van der Waals surface area (Å²) < 4.78 is 17.1. The van der Waals surface area contributed by atoms with E-state index in [1.165, 1.54) is 30.4 Å². The number of nitrogens with zero attached hydrogens (tertiary/aromatic N) is 1. The number of hydrogen-bond acceptors (Lipinski definition) is 4. The lowest BCUT2D eigenvalue weighted by molar-refractivity contribution is -0.133. The molecule has 31 heavy (non-hydrogen) atoms. The Morgan fingerprint density at radius 3 is 2.23 bits per heavy atom. The number of benzene rings is 2. The summed E-state index contributed by atoms with van der Waals surface area (Å²) in [5.41, 5.74) is 4.10. The fraction of sp³-hybridized carbons (Fsp3) is 0.481. The molecule has 4 nitrogen and oxygen atoms in total. The van der Waals surface area contributed by atoms with E-state index in [-0.39, 0.29) is 0 Å². The Morgan fingerprint density at radius 2 is 1.58 bits per heavy atom. The van der Waals surface area contributed by atoms with Gasteiger partial charge in [-0.1, -0.05) is 54.6 Å². The molecule has 1 saturated heterocycles. The van der Waals surface area contributed by atoms with E-state index < -0.39 is 5.79 Å². The highest BCUT2D eigenvalue weighted by atomic mass is 16.7. The first-order valence-corrected chi connectivity index (χ1v) is 11.5. The Bertz CT molecular complexity index is 831. The molecule has 0 aromatic heterocycles. The van der Waals surface area contributed by atoms with Crippen LogP contribution in [0.25, 0.3) is 0 Å². The molecule has 4 rings (SSSR count). The van der Waals surface area contributed by atoms with Crippen LogP contribution in [-0.4, -0.2) is 31.2 Å². The Kier molecular flexibility index (Phi) is 6.99. The fourth-order valence-corrected chi connectivity index (χ4v) is 4.67. The van der Waals surface area contributed by atoms with Crippen LogP contribution in [0.3, 0.4) is 0 Å². The predicted octanol–water partition coefficient (Wildman–Crippen LogP) is 5.63. The van der Waals surface area contributed by atoms with E-state index >= 15 is 0 Å². The second kappa shape index (κ2) is 9.88. The van der Waals surface area contributed by atoms with Crippen molar-refractivity contribution in [3.63, 3.8) is 0 Å². The van der Waals surface area contributed by atoms with Crippen LogP contribution in [0.5, 0.6) is 0 Å². The largest absolute Gasteiger partial charge is 0.453 e. The molecule has 4 heteroatoms. The van der Waals surface area contributed by atoms with Crippen molar-refractivity contribution in [2.24, 2.45) is 5.41 Å². The average Bonchev–Trinajstić information content (AvgIpc) is 3.27. The van der Waals surface area contributed by atoms with Gasteiger partial charge in [-0.05, 0) is 62.2 Å². The Labute approximate surface area is 186 Å². The lowest BCUT2D eigenvalue weighted by Crippen LogP contribution is -2.42. The third-order valence-corrected chi connectivity index (χ3v) is 6.84. The summed E-state index contributed by atoms with van der Waals surface area (Å²) in [5.74, 6) is -0.693. The predicted molar refractivity (Wildman–Crippen MR) is 123 cm³/mol. The van der Waals surface area contributed by atoms with Crippen molar-refractivity contribution < 1.29 is 14.2 Å². The monoisotopic (exact) mass is 421 g/mol. The second-order valence-corrected chi connectivity index (χ2v) is 9.05. The van der Waals surface area contributed by atoms with Crippen LogP contribution in [0.4, 0.5) is 0 Å². The van der Waals surface area contributed by atoms with Crippen molar-refractivity contribution in [1.29, 1.82) is 0 Å². The van der Waals surface area contributed by atoms with Crippen molar-refractivity contribution in [2.75, 3.05) is 26.3 Å². The molecular formula is C27H35NO3. The molecule has 0 atom stereocenters. The van der Waals surface area contributed by atoms with Crippen LogP contribution < -0.4 is 0 Å². The third kappa shape index (κ3) is 5.50. The summed E-state index contributed by atoms with van der Waals surface area (Å²) in [4.78, 5) is 2.58. The van der Waals surface area contributed by atoms with E-state index in [4.69, 9.17) is 14.2 Å². The Morgan fingerprint density at radius 1 is 0.903 bits per heavy atom. The van der Waals surface area contributed by atoms with E-state index in [9.17, 15) is 0 Å². The maximum atomic E-state index is 5.94.